The largest absolute Gasteiger partial charge is 0.422 e. The maximum atomic E-state index is 13.9. The molecule has 1 aromatic heterocycles. The van der Waals surface area contributed by atoms with E-state index < -0.39 is 52.5 Å². The first-order chi connectivity index (χ1) is 12.8. The summed E-state index contributed by atoms with van der Waals surface area (Å²) in [6.45, 7) is 4.66. The molecule has 0 saturated carbocycles. The lowest BCUT2D eigenvalue weighted by atomic mass is 10.1. The van der Waals surface area contributed by atoms with Gasteiger partial charge in [-0.1, -0.05) is 6.92 Å². The monoisotopic (exact) mass is 475 g/mol. The summed E-state index contributed by atoms with van der Waals surface area (Å²) in [5.74, 6) is -12.0. The number of aryl methyl sites for hydroxylation is 1. The van der Waals surface area contributed by atoms with Crippen molar-refractivity contribution in [3.63, 3.8) is 0 Å². The van der Waals surface area contributed by atoms with Gasteiger partial charge < -0.3 is 5.32 Å². The molecule has 12 heteroatoms. The Morgan fingerprint density at radius 3 is 2.00 bits per heavy atom. The van der Waals surface area contributed by atoms with Gasteiger partial charge in [-0.15, -0.1) is 0 Å². The van der Waals surface area contributed by atoms with Gasteiger partial charge >= 0.3 is 6.18 Å². The zero-order valence-electron chi connectivity index (χ0n) is 14.6. The number of alkyl halides is 3. The van der Waals surface area contributed by atoms with E-state index in [4.69, 9.17) is 0 Å². The number of carbonyl (C=O) groups excluding carboxylic acids is 1. The third kappa shape index (κ3) is 4.01. The molecule has 1 heterocycles. The van der Waals surface area contributed by atoms with E-state index in [9.17, 15) is 35.5 Å². The number of rotatable bonds is 4. The Labute approximate surface area is 162 Å². The SMILES string of the molecule is Cc1nn(CC(C)C(=O)Nc2c(F)c(F)c(C(F)(F)F)c(F)c2F)c(C)c1Br. The second kappa shape index (κ2) is 7.72. The molecule has 0 saturated heterocycles. The van der Waals surface area contributed by atoms with Crippen LogP contribution in [0, 0.1) is 43.0 Å². The van der Waals surface area contributed by atoms with E-state index in [0.29, 0.717) is 15.9 Å². The molecule has 0 radical (unpaired) electrons. The van der Waals surface area contributed by atoms with Crippen molar-refractivity contribution < 1.29 is 35.5 Å². The van der Waals surface area contributed by atoms with Crippen LogP contribution in [0.3, 0.4) is 0 Å². The van der Waals surface area contributed by atoms with Gasteiger partial charge in [0, 0.05) is 5.69 Å². The van der Waals surface area contributed by atoms with Crippen LogP contribution >= 0.6 is 15.9 Å². The number of amides is 1. The van der Waals surface area contributed by atoms with Crippen LogP contribution in [0.15, 0.2) is 4.47 Å². The van der Waals surface area contributed by atoms with Crippen molar-refractivity contribution in [3.05, 3.63) is 44.7 Å². The molecular weight excluding hydrogens is 463 g/mol. The fraction of sp³-hybridized carbons (Fsp3) is 0.375. The Morgan fingerprint density at radius 2 is 1.61 bits per heavy atom. The van der Waals surface area contributed by atoms with Gasteiger partial charge in [-0.25, -0.2) is 17.6 Å². The highest BCUT2D eigenvalue weighted by Gasteiger charge is 2.42. The third-order valence-electron chi connectivity index (χ3n) is 3.98. The van der Waals surface area contributed by atoms with E-state index in [1.54, 1.807) is 19.2 Å². The van der Waals surface area contributed by atoms with Crippen LogP contribution in [0.25, 0.3) is 0 Å². The smallest absolute Gasteiger partial charge is 0.321 e. The van der Waals surface area contributed by atoms with E-state index in [1.807, 2.05) is 0 Å². The molecule has 0 fully saturated rings. The van der Waals surface area contributed by atoms with Gasteiger partial charge in [0.25, 0.3) is 0 Å². The number of halogens is 8. The highest BCUT2D eigenvalue weighted by molar-refractivity contribution is 9.10. The molecule has 2 aromatic rings. The van der Waals surface area contributed by atoms with Crippen LogP contribution in [-0.4, -0.2) is 15.7 Å². The fourth-order valence-electron chi connectivity index (χ4n) is 2.43. The van der Waals surface area contributed by atoms with Crippen LogP contribution in [0.5, 0.6) is 0 Å². The first-order valence-corrected chi connectivity index (χ1v) is 8.50. The number of carbonyl (C=O) groups is 1. The molecule has 0 aliphatic heterocycles. The van der Waals surface area contributed by atoms with E-state index in [2.05, 4.69) is 21.0 Å². The Kier molecular flexibility index (Phi) is 6.12. The molecule has 4 nitrogen and oxygen atoms in total. The molecule has 154 valence electrons. The summed E-state index contributed by atoms with van der Waals surface area (Å²) in [6.07, 6.45) is -5.66. The lowest BCUT2D eigenvalue weighted by Gasteiger charge is -2.17. The van der Waals surface area contributed by atoms with Crippen LogP contribution in [0.1, 0.15) is 23.9 Å². The minimum absolute atomic E-state index is 0.0566. The minimum Gasteiger partial charge on any atom is -0.321 e. The number of nitrogens with zero attached hydrogens (tertiary/aromatic N) is 2. The summed E-state index contributed by atoms with van der Waals surface area (Å²) >= 11 is 3.28. The van der Waals surface area contributed by atoms with Crippen LogP contribution in [-0.2, 0) is 17.5 Å². The Balaban J connectivity index is 2.32. The highest BCUT2D eigenvalue weighted by atomic mass is 79.9. The summed E-state index contributed by atoms with van der Waals surface area (Å²) in [4.78, 5) is 12.2. The van der Waals surface area contributed by atoms with Gasteiger partial charge in [-0.3, -0.25) is 9.48 Å². The summed E-state index contributed by atoms with van der Waals surface area (Å²) in [6, 6.07) is 0. The molecule has 1 aromatic carbocycles. The average molecular weight is 476 g/mol. The van der Waals surface area contributed by atoms with Crippen molar-refractivity contribution in [2.24, 2.45) is 5.92 Å². The predicted molar refractivity (Wildman–Crippen MR) is 88.5 cm³/mol. The first kappa shape index (κ1) is 22.2. The van der Waals surface area contributed by atoms with Crippen molar-refractivity contribution in [2.75, 3.05) is 5.32 Å². The van der Waals surface area contributed by atoms with Crippen LogP contribution < -0.4 is 5.32 Å². The molecular formula is C16H13BrF7N3O. The normalized spacial score (nSPS) is 13.0. The molecule has 0 spiro atoms. The minimum atomic E-state index is -5.66. The number of benzene rings is 1. The quantitative estimate of drug-likeness (QED) is 0.493. The zero-order chi connectivity index (χ0) is 21.5. The van der Waals surface area contributed by atoms with Gasteiger partial charge in [0.1, 0.15) is 11.3 Å². The fourth-order valence-corrected chi connectivity index (χ4v) is 2.72. The molecule has 0 bridgehead atoms. The summed E-state index contributed by atoms with van der Waals surface area (Å²) in [5.41, 5.74) is -3.06. The molecule has 0 aliphatic carbocycles. The van der Waals surface area contributed by atoms with E-state index in [-0.39, 0.29) is 6.54 Å². The Bertz CT molecular complexity index is 911. The van der Waals surface area contributed by atoms with E-state index in [1.165, 1.54) is 11.6 Å². The summed E-state index contributed by atoms with van der Waals surface area (Å²) < 4.78 is 94.9. The van der Waals surface area contributed by atoms with Crippen molar-refractivity contribution >= 4 is 27.5 Å². The van der Waals surface area contributed by atoms with Crippen molar-refractivity contribution in [2.45, 2.75) is 33.5 Å². The topological polar surface area (TPSA) is 46.9 Å². The Hall–Kier alpha value is -2.11. The molecule has 1 N–H and O–H groups in total. The van der Waals surface area contributed by atoms with Crippen molar-refractivity contribution in [3.8, 4) is 0 Å². The number of hydrogen-bond donors (Lipinski definition) is 1. The van der Waals surface area contributed by atoms with E-state index >= 15 is 0 Å². The van der Waals surface area contributed by atoms with Gasteiger partial charge in [-0.05, 0) is 29.8 Å². The average Bonchev–Trinajstić information content (AvgIpc) is 2.82. The molecule has 1 atom stereocenters. The highest BCUT2D eigenvalue weighted by Crippen LogP contribution is 2.38. The molecule has 1 unspecified atom stereocenters. The van der Waals surface area contributed by atoms with E-state index in [0.717, 1.165) is 0 Å². The maximum absolute atomic E-state index is 13.9. The van der Waals surface area contributed by atoms with Crippen molar-refractivity contribution in [1.82, 2.24) is 9.78 Å². The maximum Gasteiger partial charge on any atom is 0.422 e. The number of hydrogen-bond acceptors (Lipinski definition) is 2. The van der Waals surface area contributed by atoms with Crippen molar-refractivity contribution in [1.29, 1.82) is 0 Å². The molecule has 1 amide bonds. The zero-order valence-corrected chi connectivity index (χ0v) is 16.2. The van der Waals surface area contributed by atoms with Crippen LogP contribution in [0.2, 0.25) is 0 Å². The lowest BCUT2D eigenvalue weighted by Crippen LogP contribution is -2.27. The summed E-state index contributed by atoms with van der Waals surface area (Å²) in [7, 11) is 0. The standard InChI is InChI=1S/C16H13BrF7N3O/c1-5(4-27-7(3)9(17)6(2)26-27)15(28)25-14-12(20)10(18)8(16(22,23)24)11(19)13(14)21/h5H,4H2,1-3H3,(H,25,28). The van der Waals surface area contributed by atoms with Gasteiger partial charge in [-0.2, -0.15) is 18.3 Å². The van der Waals surface area contributed by atoms with Crippen LogP contribution in [0.4, 0.5) is 36.4 Å². The third-order valence-corrected chi connectivity index (χ3v) is 5.13. The first-order valence-electron chi connectivity index (χ1n) is 7.70. The molecule has 28 heavy (non-hydrogen) atoms. The van der Waals surface area contributed by atoms with Gasteiger partial charge in [0.15, 0.2) is 23.3 Å². The summed E-state index contributed by atoms with van der Waals surface area (Å²) in [5, 5.41) is 5.75. The second-order valence-electron chi connectivity index (χ2n) is 6.06. The number of anilines is 1. The van der Waals surface area contributed by atoms with Gasteiger partial charge in [0.2, 0.25) is 5.91 Å². The number of nitrogens with one attached hydrogen (secondary N) is 1. The van der Waals surface area contributed by atoms with Gasteiger partial charge in [0.05, 0.1) is 22.6 Å². The predicted octanol–water partition coefficient (Wildman–Crippen LogP) is 5.11. The Morgan fingerprint density at radius 1 is 1.11 bits per heavy atom. The lowest BCUT2D eigenvalue weighted by molar-refractivity contribution is -0.143. The molecule has 2 rings (SSSR count). The second-order valence-corrected chi connectivity index (χ2v) is 6.85. The molecule has 0 aliphatic rings. The number of aromatic nitrogens is 2.